The molecule has 1 aliphatic heterocycles. The summed E-state index contributed by atoms with van der Waals surface area (Å²) in [6.45, 7) is 2.80. The highest BCUT2D eigenvalue weighted by atomic mass is 32.2. The Labute approximate surface area is 132 Å². The minimum absolute atomic E-state index is 0.0957. The highest BCUT2D eigenvalue weighted by molar-refractivity contribution is 7.89. The van der Waals surface area contributed by atoms with Crippen LogP contribution in [0, 0.1) is 5.92 Å². The molecule has 122 valence electrons. The average Bonchev–Trinajstić information content (AvgIpc) is 2.54. The van der Waals surface area contributed by atoms with Crippen molar-refractivity contribution in [1.82, 2.24) is 4.31 Å². The summed E-state index contributed by atoms with van der Waals surface area (Å²) in [6.07, 6.45) is 2.99. The van der Waals surface area contributed by atoms with Crippen LogP contribution in [0.25, 0.3) is 0 Å². The molecule has 0 aliphatic carbocycles. The molecule has 0 radical (unpaired) electrons. The lowest BCUT2D eigenvalue weighted by Crippen LogP contribution is -2.44. The highest BCUT2D eigenvalue weighted by Gasteiger charge is 2.31. The van der Waals surface area contributed by atoms with Gasteiger partial charge < -0.3 is 5.32 Å². The first-order chi connectivity index (χ1) is 10.5. The van der Waals surface area contributed by atoms with E-state index in [4.69, 9.17) is 0 Å². The van der Waals surface area contributed by atoms with Crippen molar-refractivity contribution in [2.45, 2.75) is 32.6 Å². The lowest BCUT2D eigenvalue weighted by molar-refractivity contribution is -0.120. The van der Waals surface area contributed by atoms with Gasteiger partial charge >= 0.3 is 0 Å². The van der Waals surface area contributed by atoms with Gasteiger partial charge in [-0.1, -0.05) is 31.5 Å². The van der Waals surface area contributed by atoms with Gasteiger partial charge in [0.1, 0.15) is 0 Å². The maximum Gasteiger partial charge on any atom is 0.228 e. The second-order valence-electron chi connectivity index (χ2n) is 5.72. The number of hydrogen-bond donors (Lipinski definition) is 1. The summed E-state index contributed by atoms with van der Waals surface area (Å²) < 4.78 is 26.0. The van der Waals surface area contributed by atoms with Crippen LogP contribution in [-0.4, -0.2) is 37.5 Å². The number of unbranched alkanes of at least 4 members (excludes halogenated alkanes) is 1. The Morgan fingerprint density at radius 1 is 1.32 bits per heavy atom. The molecule has 22 heavy (non-hydrogen) atoms. The Balaban J connectivity index is 1.96. The molecule has 1 aromatic rings. The number of nitrogens with one attached hydrogen (secondary N) is 1. The summed E-state index contributed by atoms with van der Waals surface area (Å²) in [5, 5.41) is 2.87. The van der Waals surface area contributed by atoms with E-state index >= 15 is 0 Å². The van der Waals surface area contributed by atoms with Gasteiger partial charge in [-0.2, -0.15) is 0 Å². The molecule has 1 unspecified atom stereocenters. The molecule has 1 atom stereocenters. The van der Waals surface area contributed by atoms with Crippen molar-refractivity contribution < 1.29 is 13.2 Å². The van der Waals surface area contributed by atoms with E-state index in [9.17, 15) is 13.2 Å². The smallest absolute Gasteiger partial charge is 0.228 e. The van der Waals surface area contributed by atoms with Crippen LogP contribution in [0.15, 0.2) is 30.3 Å². The standard InChI is InChI=1S/C16H24N2O3S/c1-2-3-12-22(20,21)18-11-7-8-14(13-18)16(19)17-15-9-5-4-6-10-15/h4-6,9-10,14H,2-3,7-8,11-13H2,1H3,(H,17,19). The van der Waals surface area contributed by atoms with Crippen LogP contribution in [0.5, 0.6) is 0 Å². The predicted octanol–water partition coefficient (Wildman–Crippen LogP) is 2.47. The minimum Gasteiger partial charge on any atom is -0.326 e. The number of sulfonamides is 1. The predicted molar refractivity (Wildman–Crippen MR) is 88.1 cm³/mol. The van der Waals surface area contributed by atoms with Gasteiger partial charge in [0.2, 0.25) is 15.9 Å². The van der Waals surface area contributed by atoms with Gasteiger partial charge in [0, 0.05) is 18.8 Å². The molecule has 0 saturated carbocycles. The second kappa shape index (κ2) is 7.74. The van der Waals surface area contributed by atoms with Crippen molar-refractivity contribution in [1.29, 1.82) is 0 Å². The Morgan fingerprint density at radius 3 is 2.73 bits per heavy atom. The van der Waals surface area contributed by atoms with Gasteiger partial charge in [0.05, 0.1) is 11.7 Å². The summed E-state index contributed by atoms with van der Waals surface area (Å²) >= 11 is 0. The molecule has 5 nitrogen and oxygen atoms in total. The highest BCUT2D eigenvalue weighted by Crippen LogP contribution is 2.21. The van der Waals surface area contributed by atoms with Crippen molar-refractivity contribution in [2.75, 3.05) is 24.2 Å². The summed E-state index contributed by atoms with van der Waals surface area (Å²) in [5.41, 5.74) is 0.749. The van der Waals surface area contributed by atoms with Gasteiger partial charge in [-0.25, -0.2) is 12.7 Å². The number of piperidine rings is 1. The molecule has 1 saturated heterocycles. The third-order valence-corrected chi connectivity index (χ3v) is 5.87. The van der Waals surface area contributed by atoms with Crippen LogP contribution in [0.2, 0.25) is 0 Å². The number of anilines is 1. The van der Waals surface area contributed by atoms with Crippen molar-refractivity contribution in [3.63, 3.8) is 0 Å². The molecule has 1 fully saturated rings. The van der Waals surface area contributed by atoms with Crippen LogP contribution in [0.1, 0.15) is 32.6 Å². The fraction of sp³-hybridized carbons (Fsp3) is 0.562. The van der Waals surface area contributed by atoms with Gasteiger partial charge in [0.15, 0.2) is 0 Å². The lowest BCUT2D eigenvalue weighted by atomic mass is 9.99. The van der Waals surface area contributed by atoms with E-state index in [1.54, 1.807) is 0 Å². The molecule has 1 aromatic carbocycles. The first-order valence-corrected chi connectivity index (χ1v) is 9.47. The van der Waals surface area contributed by atoms with E-state index in [0.717, 1.165) is 24.9 Å². The third-order valence-electron chi connectivity index (χ3n) is 3.95. The van der Waals surface area contributed by atoms with Crippen molar-refractivity contribution in [3.8, 4) is 0 Å². The first kappa shape index (κ1) is 17.0. The Kier molecular flexibility index (Phi) is 5.97. The number of para-hydroxylation sites is 1. The third kappa shape index (κ3) is 4.55. The molecule has 6 heteroatoms. The van der Waals surface area contributed by atoms with Crippen molar-refractivity contribution in [2.24, 2.45) is 5.92 Å². The second-order valence-corrected chi connectivity index (χ2v) is 7.81. The van der Waals surface area contributed by atoms with Crippen molar-refractivity contribution in [3.05, 3.63) is 30.3 Å². The number of carbonyl (C=O) groups excluding carboxylic acids is 1. The zero-order valence-electron chi connectivity index (χ0n) is 13.0. The number of rotatable bonds is 6. The van der Waals surface area contributed by atoms with E-state index in [0.29, 0.717) is 19.5 Å². The molecular weight excluding hydrogens is 300 g/mol. The van der Waals surface area contributed by atoms with Crippen molar-refractivity contribution >= 4 is 21.6 Å². The van der Waals surface area contributed by atoms with E-state index in [2.05, 4.69) is 5.32 Å². The average molecular weight is 324 g/mol. The number of carbonyl (C=O) groups is 1. The van der Waals surface area contributed by atoms with E-state index in [-0.39, 0.29) is 17.6 Å². The fourth-order valence-electron chi connectivity index (χ4n) is 2.63. The minimum atomic E-state index is -3.23. The molecule has 0 aromatic heterocycles. The molecular formula is C16H24N2O3S. The normalized spacial score (nSPS) is 19.8. The summed E-state index contributed by atoms with van der Waals surface area (Å²) in [7, 11) is -3.23. The lowest BCUT2D eigenvalue weighted by Gasteiger charge is -2.31. The Bertz CT molecular complexity index is 587. The maximum atomic E-state index is 12.3. The number of hydrogen-bond acceptors (Lipinski definition) is 3. The Morgan fingerprint density at radius 2 is 2.05 bits per heavy atom. The molecule has 0 spiro atoms. The van der Waals surface area contributed by atoms with Crippen LogP contribution >= 0.6 is 0 Å². The number of amides is 1. The van der Waals surface area contributed by atoms with Gasteiger partial charge in [-0.3, -0.25) is 4.79 Å². The summed E-state index contributed by atoms with van der Waals surface area (Å²) in [5.74, 6) is -0.191. The van der Waals surface area contributed by atoms with E-state index in [1.165, 1.54) is 4.31 Å². The molecule has 1 amide bonds. The Hall–Kier alpha value is -1.40. The molecule has 1 aliphatic rings. The zero-order chi connectivity index (χ0) is 16.0. The summed E-state index contributed by atoms with van der Waals surface area (Å²) in [4.78, 5) is 12.3. The van der Waals surface area contributed by atoms with Gasteiger partial charge in [-0.05, 0) is 31.4 Å². The largest absolute Gasteiger partial charge is 0.326 e. The molecule has 2 rings (SSSR count). The van der Waals surface area contributed by atoms with Crippen LogP contribution in [-0.2, 0) is 14.8 Å². The number of benzene rings is 1. The van der Waals surface area contributed by atoms with Crippen LogP contribution in [0.4, 0.5) is 5.69 Å². The fourth-order valence-corrected chi connectivity index (χ4v) is 4.36. The topological polar surface area (TPSA) is 66.5 Å². The molecule has 1 N–H and O–H groups in total. The van der Waals surface area contributed by atoms with Gasteiger partial charge in [-0.15, -0.1) is 0 Å². The quantitative estimate of drug-likeness (QED) is 0.874. The summed E-state index contributed by atoms with van der Waals surface area (Å²) in [6, 6.07) is 9.27. The van der Waals surface area contributed by atoms with E-state index < -0.39 is 10.0 Å². The zero-order valence-corrected chi connectivity index (χ0v) is 13.8. The SMILES string of the molecule is CCCCS(=O)(=O)N1CCCC(C(=O)Nc2ccccc2)C1. The molecule has 0 bridgehead atoms. The monoisotopic (exact) mass is 324 g/mol. The van der Waals surface area contributed by atoms with E-state index in [1.807, 2.05) is 37.3 Å². The van der Waals surface area contributed by atoms with Crippen LogP contribution in [0.3, 0.4) is 0 Å². The first-order valence-electron chi connectivity index (χ1n) is 7.86. The van der Waals surface area contributed by atoms with Gasteiger partial charge in [0.25, 0.3) is 0 Å². The molecule has 1 heterocycles. The van der Waals surface area contributed by atoms with Crippen LogP contribution < -0.4 is 5.32 Å². The number of nitrogens with zero attached hydrogens (tertiary/aromatic N) is 1. The maximum absolute atomic E-state index is 12.3.